The molecule has 0 aliphatic rings. The van der Waals surface area contributed by atoms with Gasteiger partial charge in [0.05, 0.1) is 5.56 Å². The SMILES string of the molecule is CNc1nnc(-c2ccc(C)c(F)c2F)s1. The largest absolute Gasteiger partial charge is 0.363 e. The molecular formula is C10H9F2N3S. The Kier molecular flexibility index (Phi) is 2.82. The van der Waals surface area contributed by atoms with Crippen molar-refractivity contribution in [2.75, 3.05) is 12.4 Å². The fraction of sp³-hybridized carbons (Fsp3) is 0.200. The third kappa shape index (κ3) is 1.76. The van der Waals surface area contributed by atoms with Gasteiger partial charge in [-0.3, -0.25) is 0 Å². The summed E-state index contributed by atoms with van der Waals surface area (Å²) in [7, 11) is 1.69. The zero-order chi connectivity index (χ0) is 11.7. The Bertz CT molecular complexity index is 525. The number of aryl methyl sites for hydroxylation is 1. The van der Waals surface area contributed by atoms with E-state index in [2.05, 4.69) is 15.5 Å². The minimum atomic E-state index is -0.876. The molecule has 1 heterocycles. The van der Waals surface area contributed by atoms with Crippen LogP contribution in [0.1, 0.15) is 5.56 Å². The summed E-state index contributed by atoms with van der Waals surface area (Å²) in [6.07, 6.45) is 0. The predicted octanol–water partition coefficient (Wildman–Crippen LogP) is 2.83. The average Bonchev–Trinajstić information content (AvgIpc) is 2.74. The number of rotatable bonds is 2. The highest BCUT2D eigenvalue weighted by atomic mass is 32.1. The van der Waals surface area contributed by atoms with Gasteiger partial charge in [0, 0.05) is 7.05 Å². The van der Waals surface area contributed by atoms with Crippen molar-refractivity contribution in [3.63, 3.8) is 0 Å². The van der Waals surface area contributed by atoms with Gasteiger partial charge in [-0.25, -0.2) is 8.78 Å². The molecule has 3 nitrogen and oxygen atoms in total. The molecule has 84 valence electrons. The van der Waals surface area contributed by atoms with Crippen LogP contribution in [0.3, 0.4) is 0 Å². The molecule has 0 aliphatic heterocycles. The van der Waals surface area contributed by atoms with E-state index in [0.29, 0.717) is 10.1 Å². The topological polar surface area (TPSA) is 37.8 Å². The zero-order valence-corrected chi connectivity index (χ0v) is 9.53. The molecule has 1 N–H and O–H groups in total. The Hall–Kier alpha value is -1.56. The number of halogens is 2. The van der Waals surface area contributed by atoms with Crippen molar-refractivity contribution in [3.8, 4) is 10.6 Å². The smallest absolute Gasteiger partial charge is 0.205 e. The summed E-state index contributed by atoms with van der Waals surface area (Å²) >= 11 is 1.17. The van der Waals surface area contributed by atoms with Crippen LogP contribution in [-0.2, 0) is 0 Å². The second kappa shape index (κ2) is 4.13. The molecule has 2 aromatic rings. The van der Waals surface area contributed by atoms with Crippen molar-refractivity contribution in [1.82, 2.24) is 10.2 Å². The van der Waals surface area contributed by atoms with E-state index in [4.69, 9.17) is 0 Å². The lowest BCUT2D eigenvalue weighted by Gasteiger charge is -2.01. The van der Waals surface area contributed by atoms with Crippen LogP contribution in [0.25, 0.3) is 10.6 Å². The van der Waals surface area contributed by atoms with E-state index < -0.39 is 11.6 Å². The van der Waals surface area contributed by atoms with Gasteiger partial charge in [-0.1, -0.05) is 17.4 Å². The predicted molar refractivity (Wildman–Crippen MR) is 59.5 cm³/mol. The van der Waals surface area contributed by atoms with Crippen LogP contribution >= 0.6 is 11.3 Å². The molecule has 0 radical (unpaired) electrons. The van der Waals surface area contributed by atoms with Crippen LogP contribution in [0, 0.1) is 18.6 Å². The molecular weight excluding hydrogens is 232 g/mol. The van der Waals surface area contributed by atoms with Crippen molar-refractivity contribution in [1.29, 1.82) is 0 Å². The van der Waals surface area contributed by atoms with Crippen LogP contribution < -0.4 is 5.32 Å². The molecule has 1 aromatic heterocycles. The summed E-state index contributed by atoms with van der Waals surface area (Å²) in [5, 5.41) is 11.3. The summed E-state index contributed by atoms with van der Waals surface area (Å²) in [4.78, 5) is 0. The number of anilines is 1. The summed E-state index contributed by atoms with van der Waals surface area (Å²) in [6.45, 7) is 1.52. The molecule has 0 spiro atoms. The van der Waals surface area contributed by atoms with E-state index in [1.807, 2.05) is 0 Å². The number of nitrogens with zero attached hydrogens (tertiary/aromatic N) is 2. The monoisotopic (exact) mass is 241 g/mol. The molecule has 0 saturated carbocycles. The Morgan fingerprint density at radius 2 is 1.94 bits per heavy atom. The van der Waals surface area contributed by atoms with Gasteiger partial charge in [-0.15, -0.1) is 10.2 Å². The van der Waals surface area contributed by atoms with Crippen molar-refractivity contribution in [2.45, 2.75) is 6.92 Å². The molecule has 6 heteroatoms. The number of aromatic nitrogens is 2. The fourth-order valence-corrected chi connectivity index (χ4v) is 1.96. The molecule has 1 aromatic carbocycles. The molecule has 0 fully saturated rings. The molecule has 16 heavy (non-hydrogen) atoms. The first kappa shape index (κ1) is 10.9. The van der Waals surface area contributed by atoms with E-state index in [9.17, 15) is 8.78 Å². The second-order valence-corrected chi connectivity index (χ2v) is 4.20. The highest BCUT2D eigenvalue weighted by Crippen LogP contribution is 2.30. The van der Waals surface area contributed by atoms with Crippen LogP contribution in [0.5, 0.6) is 0 Å². The van der Waals surface area contributed by atoms with Crippen LogP contribution in [0.4, 0.5) is 13.9 Å². The maximum absolute atomic E-state index is 13.6. The van der Waals surface area contributed by atoms with Crippen LogP contribution in [-0.4, -0.2) is 17.2 Å². The van der Waals surface area contributed by atoms with Crippen LogP contribution in [0.2, 0.25) is 0 Å². The van der Waals surface area contributed by atoms with Gasteiger partial charge in [0.1, 0.15) is 0 Å². The molecule has 0 aliphatic carbocycles. The van der Waals surface area contributed by atoms with Crippen molar-refractivity contribution >= 4 is 16.5 Å². The standard InChI is InChI=1S/C10H9F2N3S/c1-5-3-4-6(8(12)7(5)11)9-14-15-10(13-2)16-9/h3-4H,1-2H3,(H,13,15). The van der Waals surface area contributed by atoms with Crippen molar-refractivity contribution < 1.29 is 8.78 Å². The highest BCUT2D eigenvalue weighted by Gasteiger charge is 2.15. The van der Waals surface area contributed by atoms with Crippen molar-refractivity contribution in [3.05, 3.63) is 29.3 Å². The average molecular weight is 241 g/mol. The first-order chi connectivity index (χ1) is 7.63. The van der Waals surface area contributed by atoms with Gasteiger partial charge in [-0.2, -0.15) is 0 Å². The van der Waals surface area contributed by atoms with Gasteiger partial charge in [0.2, 0.25) is 5.13 Å². The lowest BCUT2D eigenvalue weighted by atomic mass is 10.1. The van der Waals surface area contributed by atoms with Gasteiger partial charge in [0.15, 0.2) is 16.6 Å². The minimum absolute atomic E-state index is 0.141. The summed E-state index contributed by atoms with van der Waals surface area (Å²) in [6, 6.07) is 3.03. The number of nitrogens with one attached hydrogen (secondary N) is 1. The van der Waals surface area contributed by atoms with E-state index in [1.54, 1.807) is 7.05 Å². The maximum atomic E-state index is 13.6. The number of hydrogen-bond acceptors (Lipinski definition) is 4. The maximum Gasteiger partial charge on any atom is 0.205 e. The molecule has 0 bridgehead atoms. The van der Waals surface area contributed by atoms with Gasteiger partial charge in [0.25, 0.3) is 0 Å². The van der Waals surface area contributed by atoms with E-state index in [1.165, 1.54) is 30.4 Å². The van der Waals surface area contributed by atoms with Crippen LogP contribution in [0.15, 0.2) is 12.1 Å². The molecule has 0 saturated heterocycles. The second-order valence-electron chi connectivity index (χ2n) is 3.22. The van der Waals surface area contributed by atoms with Gasteiger partial charge in [-0.05, 0) is 18.6 Å². The Morgan fingerprint density at radius 3 is 2.56 bits per heavy atom. The summed E-state index contributed by atoms with van der Waals surface area (Å²) in [5.41, 5.74) is 0.418. The molecule has 0 amide bonds. The lowest BCUT2D eigenvalue weighted by Crippen LogP contribution is -1.92. The normalized spacial score (nSPS) is 10.5. The van der Waals surface area contributed by atoms with E-state index in [-0.39, 0.29) is 11.1 Å². The number of hydrogen-bond donors (Lipinski definition) is 1. The van der Waals surface area contributed by atoms with E-state index >= 15 is 0 Å². The summed E-state index contributed by atoms with van der Waals surface area (Å²) in [5.74, 6) is -1.71. The highest BCUT2D eigenvalue weighted by molar-refractivity contribution is 7.18. The molecule has 0 atom stereocenters. The third-order valence-electron chi connectivity index (χ3n) is 2.14. The summed E-state index contributed by atoms with van der Waals surface area (Å²) < 4.78 is 26.9. The first-order valence-corrected chi connectivity index (χ1v) is 5.41. The first-order valence-electron chi connectivity index (χ1n) is 4.59. The fourth-order valence-electron chi connectivity index (χ4n) is 1.24. The van der Waals surface area contributed by atoms with Gasteiger partial charge >= 0.3 is 0 Å². The zero-order valence-electron chi connectivity index (χ0n) is 8.71. The van der Waals surface area contributed by atoms with Crippen molar-refractivity contribution in [2.24, 2.45) is 0 Å². The Morgan fingerprint density at radius 1 is 1.19 bits per heavy atom. The lowest BCUT2D eigenvalue weighted by molar-refractivity contribution is 0.505. The number of benzene rings is 1. The quantitative estimate of drug-likeness (QED) is 0.878. The third-order valence-corrected chi connectivity index (χ3v) is 3.12. The molecule has 2 rings (SSSR count). The Balaban J connectivity index is 2.52. The Labute approximate surface area is 95.1 Å². The van der Waals surface area contributed by atoms with Gasteiger partial charge < -0.3 is 5.32 Å². The van der Waals surface area contributed by atoms with E-state index in [0.717, 1.165) is 0 Å². The minimum Gasteiger partial charge on any atom is -0.363 e. The molecule has 0 unspecified atom stereocenters.